The standard InChI is InChI=1S/C8H9NO4S2/c1-5(7(10)13-2)15-8-6(9(11)12)3-4-14-8/h3-5H,1-2H3/t5-/m0/s1. The minimum absolute atomic E-state index is 0.0424. The number of methoxy groups -OCH3 is 1. The Morgan fingerprint density at radius 2 is 2.40 bits per heavy atom. The maximum Gasteiger partial charge on any atom is 0.318 e. The number of carbonyl (C=O) groups excluding carboxylic acids is 1. The third-order valence-electron chi connectivity index (χ3n) is 1.62. The normalized spacial score (nSPS) is 12.1. The van der Waals surface area contributed by atoms with Crippen molar-refractivity contribution in [2.45, 2.75) is 16.4 Å². The molecule has 0 aliphatic carbocycles. The molecule has 0 saturated heterocycles. The molecule has 1 aromatic rings. The van der Waals surface area contributed by atoms with Crippen molar-refractivity contribution in [1.82, 2.24) is 0 Å². The fourth-order valence-corrected chi connectivity index (χ4v) is 3.07. The molecule has 82 valence electrons. The van der Waals surface area contributed by atoms with Gasteiger partial charge < -0.3 is 4.74 Å². The summed E-state index contributed by atoms with van der Waals surface area (Å²) in [6.45, 7) is 1.65. The highest BCUT2D eigenvalue weighted by atomic mass is 32.2. The van der Waals surface area contributed by atoms with Crippen molar-refractivity contribution < 1.29 is 14.5 Å². The Kier molecular flexibility index (Phi) is 4.10. The molecule has 0 bridgehead atoms. The first kappa shape index (κ1) is 12.0. The molecule has 0 N–H and O–H groups in total. The van der Waals surface area contributed by atoms with Gasteiger partial charge in [0.2, 0.25) is 0 Å². The van der Waals surface area contributed by atoms with Crippen LogP contribution in [0.15, 0.2) is 15.7 Å². The van der Waals surface area contributed by atoms with Crippen LogP contribution >= 0.6 is 23.1 Å². The van der Waals surface area contributed by atoms with Crippen LogP contribution in [0, 0.1) is 10.1 Å². The highest BCUT2D eigenvalue weighted by molar-refractivity contribution is 8.02. The second-order valence-corrected chi connectivity index (χ2v) is 5.16. The van der Waals surface area contributed by atoms with Gasteiger partial charge in [-0.25, -0.2) is 0 Å². The van der Waals surface area contributed by atoms with E-state index >= 15 is 0 Å². The van der Waals surface area contributed by atoms with Crippen molar-refractivity contribution in [2.24, 2.45) is 0 Å². The maximum atomic E-state index is 11.1. The Morgan fingerprint density at radius 1 is 1.73 bits per heavy atom. The number of esters is 1. The lowest BCUT2D eigenvalue weighted by Crippen LogP contribution is -2.14. The molecule has 1 aromatic heterocycles. The lowest BCUT2D eigenvalue weighted by molar-refractivity contribution is -0.387. The van der Waals surface area contributed by atoms with E-state index in [1.807, 2.05) is 0 Å². The van der Waals surface area contributed by atoms with Gasteiger partial charge in [0.25, 0.3) is 5.69 Å². The summed E-state index contributed by atoms with van der Waals surface area (Å²) in [5.41, 5.74) is 0.0424. The van der Waals surface area contributed by atoms with E-state index in [2.05, 4.69) is 4.74 Å². The summed E-state index contributed by atoms with van der Waals surface area (Å²) in [5, 5.41) is 11.8. The fraction of sp³-hybridized carbons (Fsp3) is 0.375. The van der Waals surface area contributed by atoms with Crippen LogP contribution in [0.4, 0.5) is 5.69 Å². The lowest BCUT2D eigenvalue weighted by atomic mass is 10.5. The molecule has 15 heavy (non-hydrogen) atoms. The van der Waals surface area contributed by atoms with Crippen LogP contribution in [-0.2, 0) is 9.53 Å². The number of hydrogen-bond donors (Lipinski definition) is 0. The zero-order valence-corrected chi connectivity index (χ0v) is 9.76. The minimum atomic E-state index is -0.456. The van der Waals surface area contributed by atoms with Gasteiger partial charge in [0, 0.05) is 6.07 Å². The zero-order chi connectivity index (χ0) is 11.4. The van der Waals surface area contributed by atoms with Crippen LogP contribution in [0.25, 0.3) is 0 Å². The molecule has 0 fully saturated rings. The summed E-state index contributed by atoms with van der Waals surface area (Å²) in [6.07, 6.45) is 0. The van der Waals surface area contributed by atoms with Gasteiger partial charge in [-0.05, 0) is 12.3 Å². The highest BCUT2D eigenvalue weighted by Gasteiger charge is 2.22. The Hall–Kier alpha value is -1.08. The average molecular weight is 247 g/mol. The van der Waals surface area contributed by atoms with Gasteiger partial charge in [-0.2, -0.15) is 0 Å². The van der Waals surface area contributed by atoms with Gasteiger partial charge in [0.1, 0.15) is 9.46 Å². The molecule has 0 aliphatic rings. The number of nitrogens with zero attached hydrogens (tertiary/aromatic N) is 1. The van der Waals surface area contributed by atoms with Crippen molar-refractivity contribution in [3.63, 3.8) is 0 Å². The molecule has 0 radical (unpaired) electrons. The van der Waals surface area contributed by atoms with Crippen LogP contribution in [-0.4, -0.2) is 23.3 Å². The zero-order valence-electron chi connectivity index (χ0n) is 8.13. The van der Waals surface area contributed by atoms with Gasteiger partial charge >= 0.3 is 5.97 Å². The van der Waals surface area contributed by atoms with E-state index in [1.165, 1.54) is 24.5 Å². The third-order valence-corrected chi connectivity index (χ3v) is 3.87. The third kappa shape index (κ3) is 2.93. The Morgan fingerprint density at radius 3 is 2.93 bits per heavy atom. The van der Waals surface area contributed by atoms with E-state index in [-0.39, 0.29) is 11.7 Å². The van der Waals surface area contributed by atoms with E-state index in [0.29, 0.717) is 4.21 Å². The van der Waals surface area contributed by atoms with E-state index < -0.39 is 10.2 Å². The lowest BCUT2D eigenvalue weighted by Gasteiger charge is -2.06. The number of thioether (sulfide) groups is 1. The van der Waals surface area contributed by atoms with Crippen molar-refractivity contribution in [2.75, 3.05) is 7.11 Å². The Bertz CT molecular complexity index is 376. The van der Waals surface area contributed by atoms with Crippen molar-refractivity contribution >= 4 is 34.8 Å². The second-order valence-electron chi connectivity index (χ2n) is 2.63. The van der Waals surface area contributed by atoms with Crippen LogP contribution in [0.2, 0.25) is 0 Å². The number of carbonyl (C=O) groups is 1. The minimum Gasteiger partial charge on any atom is -0.468 e. The van der Waals surface area contributed by atoms with Crippen LogP contribution in [0.1, 0.15) is 6.92 Å². The van der Waals surface area contributed by atoms with Crippen molar-refractivity contribution in [3.05, 3.63) is 21.6 Å². The van der Waals surface area contributed by atoms with Crippen molar-refractivity contribution in [3.8, 4) is 0 Å². The Balaban J connectivity index is 2.76. The molecular formula is C8H9NO4S2. The van der Waals surface area contributed by atoms with E-state index in [0.717, 1.165) is 11.8 Å². The van der Waals surface area contributed by atoms with Crippen molar-refractivity contribution in [1.29, 1.82) is 0 Å². The fourth-order valence-electron chi connectivity index (χ4n) is 0.887. The van der Waals surface area contributed by atoms with E-state index in [4.69, 9.17) is 0 Å². The summed E-state index contributed by atoms with van der Waals surface area (Å²) in [7, 11) is 1.29. The molecule has 1 rings (SSSR count). The summed E-state index contributed by atoms with van der Waals surface area (Å²) >= 11 is 2.39. The molecule has 7 heteroatoms. The number of hydrogen-bond acceptors (Lipinski definition) is 6. The predicted octanol–water partition coefficient (Wildman–Crippen LogP) is 2.31. The van der Waals surface area contributed by atoms with Gasteiger partial charge in [0.15, 0.2) is 0 Å². The first-order chi connectivity index (χ1) is 7.06. The second kappa shape index (κ2) is 5.13. The van der Waals surface area contributed by atoms with Crippen LogP contribution in [0.3, 0.4) is 0 Å². The van der Waals surface area contributed by atoms with E-state index in [9.17, 15) is 14.9 Å². The van der Waals surface area contributed by atoms with Gasteiger partial charge in [-0.15, -0.1) is 11.3 Å². The SMILES string of the molecule is COC(=O)[C@H](C)Sc1sccc1[N+](=O)[O-]. The van der Waals surface area contributed by atoms with Gasteiger partial charge in [-0.3, -0.25) is 14.9 Å². The monoisotopic (exact) mass is 247 g/mol. The summed E-state index contributed by atoms with van der Waals surface area (Å²) < 4.78 is 5.06. The predicted molar refractivity (Wildman–Crippen MR) is 58.3 cm³/mol. The number of nitro groups is 1. The first-order valence-electron chi connectivity index (χ1n) is 4.02. The Labute approximate surface area is 94.6 Å². The summed E-state index contributed by atoms with van der Waals surface area (Å²) in [5.74, 6) is -0.386. The maximum absolute atomic E-state index is 11.1. The molecular weight excluding hydrogens is 238 g/mol. The van der Waals surface area contributed by atoms with Gasteiger partial charge in [-0.1, -0.05) is 11.8 Å². The molecule has 0 aromatic carbocycles. The first-order valence-corrected chi connectivity index (χ1v) is 5.78. The molecule has 1 heterocycles. The smallest absolute Gasteiger partial charge is 0.318 e. The largest absolute Gasteiger partial charge is 0.468 e. The quantitative estimate of drug-likeness (QED) is 0.353. The molecule has 0 aliphatic heterocycles. The topological polar surface area (TPSA) is 69.4 Å². The molecule has 0 spiro atoms. The van der Waals surface area contributed by atoms with E-state index in [1.54, 1.807) is 12.3 Å². The van der Waals surface area contributed by atoms with Crippen LogP contribution < -0.4 is 0 Å². The molecule has 0 amide bonds. The van der Waals surface area contributed by atoms with Gasteiger partial charge in [0.05, 0.1) is 12.0 Å². The highest BCUT2D eigenvalue weighted by Crippen LogP contribution is 2.36. The molecule has 1 atom stereocenters. The molecule has 5 nitrogen and oxygen atoms in total. The molecule has 0 saturated carbocycles. The number of ether oxygens (including phenoxy) is 1. The molecule has 0 unspecified atom stereocenters. The van der Waals surface area contributed by atoms with Crippen LogP contribution in [0.5, 0.6) is 0 Å². The summed E-state index contributed by atoms with van der Waals surface area (Å²) in [6, 6.07) is 1.43. The number of rotatable bonds is 4. The average Bonchev–Trinajstić information content (AvgIpc) is 2.64. The number of thiophene rings is 1. The summed E-state index contributed by atoms with van der Waals surface area (Å²) in [4.78, 5) is 21.2.